The Kier molecular flexibility index (Phi) is 4.17. The van der Waals surface area contributed by atoms with Crippen LogP contribution >= 0.6 is 0 Å². The average molecular weight is 250 g/mol. The maximum atomic E-state index is 11.9. The van der Waals surface area contributed by atoms with Crippen molar-refractivity contribution in [1.29, 1.82) is 0 Å². The summed E-state index contributed by atoms with van der Waals surface area (Å²) in [6.45, 7) is 1.29. The minimum Gasteiger partial charge on any atom is -0.496 e. The fraction of sp³-hybridized carbons (Fsp3) is 0.462. The van der Waals surface area contributed by atoms with E-state index in [-0.39, 0.29) is 17.9 Å². The second-order valence-electron chi connectivity index (χ2n) is 4.34. The lowest BCUT2D eigenvalue weighted by Gasteiger charge is -2.14. The molecule has 98 valence electrons. The molecule has 3 N–H and O–H groups in total. The Morgan fingerprint density at radius 3 is 2.94 bits per heavy atom. The molecule has 18 heavy (non-hydrogen) atoms. The molecule has 0 bridgehead atoms. The Morgan fingerprint density at radius 1 is 1.50 bits per heavy atom. The van der Waals surface area contributed by atoms with E-state index in [1.54, 1.807) is 7.11 Å². The third-order valence-corrected chi connectivity index (χ3v) is 3.11. The van der Waals surface area contributed by atoms with E-state index in [1.165, 1.54) is 0 Å². The summed E-state index contributed by atoms with van der Waals surface area (Å²) in [4.78, 5) is 11.9. The minimum atomic E-state index is -0.250. The van der Waals surface area contributed by atoms with Crippen molar-refractivity contribution in [3.63, 3.8) is 0 Å². The molecule has 1 aliphatic heterocycles. The normalized spacial score (nSPS) is 22.8. The highest BCUT2D eigenvalue weighted by Gasteiger charge is 2.31. The van der Waals surface area contributed by atoms with Crippen LogP contribution in [0.1, 0.15) is 5.56 Å². The van der Waals surface area contributed by atoms with Crippen molar-refractivity contribution in [2.45, 2.75) is 12.6 Å². The molecular weight excluding hydrogens is 232 g/mol. The smallest absolute Gasteiger partial charge is 0.227 e. The number of nitrogens with one attached hydrogen (secondary N) is 1. The van der Waals surface area contributed by atoms with Crippen molar-refractivity contribution in [3.8, 4) is 5.75 Å². The van der Waals surface area contributed by atoms with Crippen LogP contribution < -0.4 is 15.8 Å². The zero-order valence-electron chi connectivity index (χ0n) is 10.4. The Balaban J connectivity index is 1.93. The molecule has 1 aromatic rings. The quantitative estimate of drug-likeness (QED) is 0.805. The summed E-state index contributed by atoms with van der Waals surface area (Å²) in [6.07, 6.45) is 0. The van der Waals surface area contributed by atoms with Gasteiger partial charge in [0, 0.05) is 18.2 Å². The third kappa shape index (κ3) is 2.80. The topological polar surface area (TPSA) is 73.6 Å². The van der Waals surface area contributed by atoms with Crippen molar-refractivity contribution in [3.05, 3.63) is 29.8 Å². The van der Waals surface area contributed by atoms with Gasteiger partial charge in [-0.05, 0) is 6.07 Å². The van der Waals surface area contributed by atoms with Gasteiger partial charge in [0.05, 0.1) is 26.2 Å². The van der Waals surface area contributed by atoms with Crippen LogP contribution in [0.25, 0.3) is 0 Å². The number of ether oxygens (including phenoxy) is 2. The fourth-order valence-electron chi connectivity index (χ4n) is 2.00. The maximum absolute atomic E-state index is 11.9. The Morgan fingerprint density at radius 2 is 2.28 bits per heavy atom. The Hall–Kier alpha value is -1.59. The van der Waals surface area contributed by atoms with E-state index in [0.29, 0.717) is 19.8 Å². The molecule has 2 atom stereocenters. The van der Waals surface area contributed by atoms with Crippen LogP contribution in [0.3, 0.4) is 0 Å². The first-order valence-electron chi connectivity index (χ1n) is 5.95. The van der Waals surface area contributed by atoms with E-state index in [2.05, 4.69) is 5.32 Å². The van der Waals surface area contributed by atoms with Gasteiger partial charge < -0.3 is 20.5 Å². The summed E-state index contributed by atoms with van der Waals surface area (Å²) in [6, 6.07) is 7.39. The summed E-state index contributed by atoms with van der Waals surface area (Å²) in [5.41, 5.74) is 6.74. The number of para-hydroxylation sites is 1. The highest BCUT2D eigenvalue weighted by molar-refractivity contribution is 5.79. The first-order chi connectivity index (χ1) is 8.72. The van der Waals surface area contributed by atoms with Gasteiger partial charge in [0.15, 0.2) is 0 Å². The maximum Gasteiger partial charge on any atom is 0.227 e. The van der Waals surface area contributed by atoms with Crippen molar-refractivity contribution in [2.24, 2.45) is 11.7 Å². The van der Waals surface area contributed by atoms with E-state index in [1.807, 2.05) is 24.3 Å². The molecular formula is C13H18N2O3. The number of carbonyl (C=O) groups is 1. The predicted molar refractivity (Wildman–Crippen MR) is 67.1 cm³/mol. The molecule has 1 aromatic carbocycles. The Bertz CT molecular complexity index is 422. The molecule has 1 aliphatic rings. The van der Waals surface area contributed by atoms with Crippen LogP contribution in [0.15, 0.2) is 24.3 Å². The van der Waals surface area contributed by atoms with Gasteiger partial charge in [-0.2, -0.15) is 0 Å². The van der Waals surface area contributed by atoms with Gasteiger partial charge >= 0.3 is 0 Å². The van der Waals surface area contributed by atoms with Crippen molar-refractivity contribution >= 4 is 5.91 Å². The van der Waals surface area contributed by atoms with Crippen molar-refractivity contribution in [1.82, 2.24) is 5.32 Å². The lowest BCUT2D eigenvalue weighted by molar-refractivity contribution is -0.125. The highest BCUT2D eigenvalue weighted by Crippen LogP contribution is 2.17. The van der Waals surface area contributed by atoms with E-state index in [9.17, 15) is 4.79 Å². The summed E-state index contributed by atoms with van der Waals surface area (Å²) in [5.74, 6) is 0.454. The van der Waals surface area contributed by atoms with Gasteiger partial charge in [0.1, 0.15) is 5.75 Å². The van der Waals surface area contributed by atoms with Crippen LogP contribution in [-0.4, -0.2) is 32.3 Å². The van der Waals surface area contributed by atoms with E-state index < -0.39 is 0 Å². The molecule has 1 saturated heterocycles. The standard InChI is InChI=1S/C13H18N2O3/c1-17-12-5-3-2-4-9(12)6-15-13(16)10-7-18-8-11(10)14/h2-5,10-11H,6-8,14H2,1H3,(H,15,16). The van der Waals surface area contributed by atoms with E-state index in [4.69, 9.17) is 15.2 Å². The third-order valence-electron chi connectivity index (χ3n) is 3.11. The van der Waals surface area contributed by atoms with Crippen LogP contribution in [0.4, 0.5) is 0 Å². The zero-order chi connectivity index (χ0) is 13.0. The second-order valence-corrected chi connectivity index (χ2v) is 4.34. The molecule has 1 amide bonds. The van der Waals surface area contributed by atoms with Crippen LogP contribution in [-0.2, 0) is 16.1 Å². The number of methoxy groups -OCH3 is 1. The molecule has 0 aliphatic carbocycles. The SMILES string of the molecule is COc1ccccc1CNC(=O)C1COCC1N. The van der Waals surface area contributed by atoms with Gasteiger partial charge in [-0.25, -0.2) is 0 Å². The van der Waals surface area contributed by atoms with E-state index in [0.717, 1.165) is 11.3 Å². The molecule has 2 unspecified atom stereocenters. The number of rotatable bonds is 4. The molecule has 0 aromatic heterocycles. The number of amides is 1. The summed E-state index contributed by atoms with van der Waals surface area (Å²) in [7, 11) is 1.61. The van der Waals surface area contributed by atoms with Crippen LogP contribution in [0, 0.1) is 5.92 Å². The highest BCUT2D eigenvalue weighted by atomic mass is 16.5. The average Bonchev–Trinajstić information content (AvgIpc) is 2.82. The number of hydrogen-bond donors (Lipinski definition) is 2. The fourth-order valence-corrected chi connectivity index (χ4v) is 2.00. The van der Waals surface area contributed by atoms with Gasteiger partial charge in [-0.3, -0.25) is 4.79 Å². The van der Waals surface area contributed by atoms with Gasteiger partial charge in [-0.15, -0.1) is 0 Å². The summed E-state index contributed by atoms with van der Waals surface area (Å²) < 4.78 is 10.4. The monoisotopic (exact) mass is 250 g/mol. The molecule has 2 rings (SSSR count). The van der Waals surface area contributed by atoms with E-state index >= 15 is 0 Å². The number of carbonyl (C=O) groups excluding carboxylic acids is 1. The van der Waals surface area contributed by atoms with Gasteiger partial charge in [0.2, 0.25) is 5.91 Å². The lowest BCUT2D eigenvalue weighted by atomic mass is 10.0. The number of hydrogen-bond acceptors (Lipinski definition) is 4. The molecule has 0 spiro atoms. The Labute approximate surface area is 106 Å². The molecule has 1 fully saturated rings. The van der Waals surface area contributed by atoms with Gasteiger partial charge in [0.25, 0.3) is 0 Å². The summed E-state index contributed by atoms with van der Waals surface area (Å²) >= 11 is 0. The first kappa shape index (κ1) is 12.9. The minimum absolute atomic E-state index is 0.0640. The molecule has 1 heterocycles. The number of benzene rings is 1. The van der Waals surface area contributed by atoms with Crippen LogP contribution in [0.2, 0.25) is 0 Å². The lowest BCUT2D eigenvalue weighted by Crippen LogP contribution is -2.40. The van der Waals surface area contributed by atoms with Gasteiger partial charge in [-0.1, -0.05) is 18.2 Å². The summed E-state index contributed by atoms with van der Waals surface area (Å²) in [5, 5.41) is 2.87. The van der Waals surface area contributed by atoms with Crippen molar-refractivity contribution < 1.29 is 14.3 Å². The second kappa shape index (κ2) is 5.84. The van der Waals surface area contributed by atoms with Crippen molar-refractivity contribution in [2.75, 3.05) is 20.3 Å². The first-order valence-corrected chi connectivity index (χ1v) is 5.95. The van der Waals surface area contributed by atoms with Crippen LogP contribution in [0.5, 0.6) is 5.75 Å². The molecule has 0 radical (unpaired) electrons. The molecule has 5 nitrogen and oxygen atoms in total. The largest absolute Gasteiger partial charge is 0.496 e. The number of nitrogens with two attached hydrogens (primary N) is 1. The zero-order valence-corrected chi connectivity index (χ0v) is 10.4. The molecule has 0 saturated carbocycles. The predicted octanol–water partition coefficient (Wildman–Crippen LogP) is 0.285. The molecule has 5 heteroatoms.